The fourth-order valence-corrected chi connectivity index (χ4v) is 3.72. The largest absolute Gasteiger partial charge is 0.493 e. The Hall–Kier alpha value is -4.04. The lowest BCUT2D eigenvalue weighted by atomic mass is 10.0. The first kappa shape index (κ1) is 23.6. The third kappa shape index (κ3) is 6.02. The van der Waals surface area contributed by atoms with Crippen molar-refractivity contribution in [2.24, 2.45) is 0 Å². The molecule has 0 bridgehead atoms. The summed E-state index contributed by atoms with van der Waals surface area (Å²) in [7, 11) is 1.56. The van der Waals surface area contributed by atoms with Gasteiger partial charge in [0, 0.05) is 5.69 Å². The molecule has 1 N–H and O–H groups in total. The Kier molecular flexibility index (Phi) is 7.53. The van der Waals surface area contributed by atoms with Crippen LogP contribution in [0.5, 0.6) is 11.5 Å². The second kappa shape index (κ2) is 10.5. The number of benzene rings is 3. The van der Waals surface area contributed by atoms with Crippen LogP contribution in [0.25, 0.3) is 6.08 Å². The van der Waals surface area contributed by atoms with Crippen LogP contribution in [-0.4, -0.2) is 13.0 Å². The summed E-state index contributed by atoms with van der Waals surface area (Å²) in [6, 6.07) is 19.0. The van der Waals surface area contributed by atoms with Gasteiger partial charge in [0.25, 0.3) is 5.91 Å². The van der Waals surface area contributed by atoms with Gasteiger partial charge in [-0.15, -0.1) is 0 Å². The number of aryl methyl sites for hydroxylation is 4. The third-order valence-electron chi connectivity index (χ3n) is 5.35. The average Bonchev–Trinajstić information content (AvgIpc) is 2.77. The molecule has 168 valence electrons. The number of amides is 1. The number of carbonyl (C=O) groups excluding carboxylic acids is 1. The number of anilines is 1. The van der Waals surface area contributed by atoms with Crippen LogP contribution in [0.4, 0.5) is 5.69 Å². The first-order valence-electron chi connectivity index (χ1n) is 10.7. The van der Waals surface area contributed by atoms with E-state index in [1.807, 2.05) is 31.2 Å². The molecule has 0 radical (unpaired) electrons. The minimum absolute atomic E-state index is 0.00173. The predicted octanol–water partition coefficient (Wildman–Crippen LogP) is 6.05. The Morgan fingerprint density at radius 2 is 1.70 bits per heavy atom. The number of nitriles is 1. The molecule has 0 heterocycles. The average molecular weight is 441 g/mol. The number of nitrogens with one attached hydrogen (secondary N) is 1. The van der Waals surface area contributed by atoms with E-state index in [1.54, 1.807) is 31.4 Å². The molecular weight excluding hydrogens is 412 g/mol. The molecule has 0 fully saturated rings. The second-order valence-corrected chi connectivity index (χ2v) is 8.07. The van der Waals surface area contributed by atoms with Crippen molar-refractivity contribution in [3.63, 3.8) is 0 Å². The van der Waals surface area contributed by atoms with Crippen LogP contribution in [0, 0.1) is 39.0 Å². The topological polar surface area (TPSA) is 71.3 Å². The number of hydrogen-bond acceptors (Lipinski definition) is 4. The van der Waals surface area contributed by atoms with Crippen LogP contribution in [-0.2, 0) is 11.4 Å². The van der Waals surface area contributed by atoms with Crippen molar-refractivity contribution in [2.45, 2.75) is 34.3 Å². The normalized spacial score (nSPS) is 11.0. The summed E-state index contributed by atoms with van der Waals surface area (Å²) in [4.78, 5) is 12.6. The van der Waals surface area contributed by atoms with Gasteiger partial charge in [0.2, 0.25) is 0 Å². The summed E-state index contributed by atoms with van der Waals surface area (Å²) >= 11 is 0. The highest BCUT2D eigenvalue weighted by Crippen LogP contribution is 2.30. The van der Waals surface area contributed by atoms with Gasteiger partial charge in [0.1, 0.15) is 18.2 Å². The van der Waals surface area contributed by atoms with E-state index in [-0.39, 0.29) is 5.57 Å². The minimum Gasteiger partial charge on any atom is -0.493 e. The lowest BCUT2D eigenvalue weighted by molar-refractivity contribution is -0.112. The van der Waals surface area contributed by atoms with Crippen LogP contribution in [0.1, 0.15) is 33.4 Å². The van der Waals surface area contributed by atoms with E-state index in [1.165, 1.54) is 22.8 Å². The van der Waals surface area contributed by atoms with Gasteiger partial charge in [-0.2, -0.15) is 5.26 Å². The molecule has 0 aliphatic heterocycles. The maximum absolute atomic E-state index is 12.6. The van der Waals surface area contributed by atoms with Crippen LogP contribution >= 0.6 is 0 Å². The van der Waals surface area contributed by atoms with E-state index in [2.05, 4.69) is 38.2 Å². The molecule has 0 saturated carbocycles. The molecule has 1 amide bonds. The smallest absolute Gasteiger partial charge is 0.266 e. The molecule has 0 spiro atoms. The molecule has 3 aromatic carbocycles. The monoisotopic (exact) mass is 440 g/mol. The molecule has 5 heteroatoms. The van der Waals surface area contributed by atoms with Crippen molar-refractivity contribution in [2.75, 3.05) is 12.4 Å². The number of methoxy groups -OCH3 is 1. The number of carbonyl (C=O) groups is 1. The van der Waals surface area contributed by atoms with Gasteiger partial charge in [-0.3, -0.25) is 4.79 Å². The second-order valence-electron chi connectivity index (χ2n) is 8.07. The lowest BCUT2D eigenvalue weighted by Crippen LogP contribution is -2.13. The van der Waals surface area contributed by atoms with Crippen molar-refractivity contribution in [1.82, 2.24) is 0 Å². The number of nitrogens with zero attached hydrogens (tertiary/aromatic N) is 1. The summed E-state index contributed by atoms with van der Waals surface area (Å²) < 4.78 is 11.6. The molecule has 0 aromatic heterocycles. The Bertz CT molecular complexity index is 1230. The number of rotatable bonds is 7. The molecule has 3 rings (SSSR count). The lowest BCUT2D eigenvalue weighted by Gasteiger charge is -2.15. The van der Waals surface area contributed by atoms with Crippen molar-refractivity contribution >= 4 is 17.7 Å². The third-order valence-corrected chi connectivity index (χ3v) is 5.35. The van der Waals surface area contributed by atoms with Gasteiger partial charge in [-0.05, 0) is 85.9 Å². The van der Waals surface area contributed by atoms with E-state index in [4.69, 9.17) is 9.47 Å². The van der Waals surface area contributed by atoms with Gasteiger partial charge < -0.3 is 14.8 Å². The van der Waals surface area contributed by atoms with Gasteiger partial charge in [-0.1, -0.05) is 35.9 Å². The fraction of sp³-hybridized carbons (Fsp3) is 0.214. The maximum Gasteiger partial charge on any atom is 0.266 e. The molecule has 0 aliphatic rings. The molecule has 0 saturated heterocycles. The zero-order valence-corrected chi connectivity index (χ0v) is 19.7. The zero-order chi connectivity index (χ0) is 24.0. The van der Waals surface area contributed by atoms with E-state index in [0.29, 0.717) is 29.4 Å². The SMILES string of the molecule is COc1cc(/C=C(\C#N)C(=O)Nc2cccc(C)c2)ccc1OCc1c(C)cc(C)cc1C. The summed E-state index contributed by atoms with van der Waals surface area (Å²) in [6.45, 7) is 8.60. The maximum atomic E-state index is 12.6. The van der Waals surface area contributed by atoms with Crippen LogP contribution in [0.15, 0.2) is 60.2 Å². The molecule has 3 aromatic rings. The van der Waals surface area contributed by atoms with Crippen LogP contribution in [0.2, 0.25) is 0 Å². The van der Waals surface area contributed by atoms with Gasteiger partial charge in [0.15, 0.2) is 11.5 Å². The number of hydrogen-bond donors (Lipinski definition) is 1. The van der Waals surface area contributed by atoms with E-state index >= 15 is 0 Å². The summed E-state index contributed by atoms with van der Waals surface area (Å²) in [5.74, 6) is 0.659. The number of ether oxygens (including phenoxy) is 2. The first-order chi connectivity index (χ1) is 15.8. The van der Waals surface area contributed by atoms with Crippen molar-refractivity contribution in [3.8, 4) is 17.6 Å². The molecule has 33 heavy (non-hydrogen) atoms. The minimum atomic E-state index is -0.465. The van der Waals surface area contributed by atoms with E-state index in [9.17, 15) is 10.1 Å². The van der Waals surface area contributed by atoms with Gasteiger partial charge >= 0.3 is 0 Å². The van der Waals surface area contributed by atoms with Gasteiger partial charge in [0.05, 0.1) is 7.11 Å². The zero-order valence-electron chi connectivity index (χ0n) is 19.7. The first-order valence-corrected chi connectivity index (χ1v) is 10.7. The predicted molar refractivity (Wildman–Crippen MR) is 131 cm³/mol. The van der Waals surface area contributed by atoms with Crippen LogP contribution in [0.3, 0.4) is 0 Å². The summed E-state index contributed by atoms with van der Waals surface area (Å²) in [6.07, 6.45) is 1.53. The Morgan fingerprint density at radius 3 is 2.33 bits per heavy atom. The standard InChI is InChI=1S/C28H28N2O3/c1-18-7-6-8-24(13-18)30-28(31)23(16-29)14-22-9-10-26(27(15-22)32-5)33-17-25-20(3)11-19(2)12-21(25)4/h6-15H,17H2,1-5H3,(H,30,31)/b23-14+. The highest BCUT2D eigenvalue weighted by atomic mass is 16.5. The van der Waals surface area contributed by atoms with E-state index in [0.717, 1.165) is 11.1 Å². The Morgan fingerprint density at radius 1 is 0.970 bits per heavy atom. The fourth-order valence-electron chi connectivity index (χ4n) is 3.72. The van der Waals surface area contributed by atoms with Gasteiger partial charge in [-0.25, -0.2) is 0 Å². The van der Waals surface area contributed by atoms with E-state index < -0.39 is 5.91 Å². The molecular formula is C28H28N2O3. The summed E-state index contributed by atoms with van der Waals surface area (Å²) in [5.41, 5.74) is 7.06. The Balaban J connectivity index is 1.78. The molecule has 0 aliphatic carbocycles. The van der Waals surface area contributed by atoms with Crippen molar-refractivity contribution in [3.05, 3.63) is 93.6 Å². The molecule has 0 atom stereocenters. The molecule has 5 nitrogen and oxygen atoms in total. The summed E-state index contributed by atoms with van der Waals surface area (Å²) in [5, 5.41) is 12.3. The van der Waals surface area contributed by atoms with Crippen molar-refractivity contribution in [1.29, 1.82) is 5.26 Å². The highest BCUT2D eigenvalue weighted by molar-refractivity contribution is 6.09. The van der Waals surface area contributed by atoms with Crippen molar-refractivity contribution < 1.29 is 14.3 Å². The molecule has 0 unspecified atom stereocenters. The Labute approximate surface area is 195 Å². The van der Waals surface area contributed by atoms with Crippen LogP contribution < -0.4 is 14.8 Å². The quantitative estimate of drug-likeness (QED) is 0.358. The highest BCUT2D eigenvalue weighted by Gasteiger charge is 2.12.